The molecule has 1 aromatic carbocycles. The normalized spacial score (nSPS) is 10.9. The second-order valence-electron chi connectivity index (χ2n) is 3.70. The number of hydrogen-bond acceptors (Lipinski definition) is 4. The summed E-state index contributed by atoms with van der Waals surface area (Å²) >= 11 is 4.68. The first-order chi connectivity index (χ1) is 8.24. The highest BCUT2D eigenvalue weighted by Crippen LogP contribution is 2.28. The molecule has 0 atom stereocenters. The Kier molecular flexibility index (Phi) is 2.64. The quantitative estimate of drug-likeness (QED) is 0.686. The Morgan fingerprint density at radius 2 is 2.00 bits per heavy atom. The lowest BCUT2D eigenvalue weighted by atomic mass is 10.1. The third-order valence-corrected chi connectivity index (χ3v) is 3.63. The van der Waals surface area contributed by atoms with E-state index in [2.05, 4.69) is 36.3 Å². The lowest BCUT2D eigenvalue weighted by molar-refractivity contribution is 1.25. The van der Waals surface area contributed by atoms with Gasteiger partial charge in [0, 0.05) is 16.6 Å². The molecule has 0 saturated heterocycles. The van der Waals surface area contributed by atoms with Gasteiger partial charge in [-0.1, -0.05) is 18.2 Å². The number of aromatic nitrogens is 3. The van der Waals surface area contributed by atoms with Gasteiger partial charge in [-0.2, -0.15) is 4.37 Å². The summed E-state index contributed by atoms with van der Waals surface area (Å²) in [7, 11) is 0. The number of benzene rings is 1. The van der Waals surface area contributed by atoms with Gasteiger partial charge in [-0.3, -0.25) is 4.98 Å². The minimum Gasteiger partial charge on any atom is -0.253 e. The molecular weight excluding hydrogens is 298 g/mol. The molecular formula is C12H8BrN3S. The molecule has 0 saturated carbocycles. The maximum Gasteiger partial charge on any atom is 0.179 e. The fraction of sp³-hybridized carbons (Fsp3) is 0.0833. The zero-order valence-electron chi connectivity index (χ0n) is 9.01. The smallest absolute Gasteiger partial charge is 0.179 e. The number of aryl methyl sites for hydroxylation is 1. The van der Waals surface area contributed by atoms with E-state index in [0.717, 1.165) is 31.9 Å². The van der Waals surface area contributed by atoms with Crippen molar-refractivity contribution in [3.05, 3.63) is 39.9 Å². The zero-order valence-corrected chi connectivity index (χ0v) is 11.4. The van der Waals surface area contributed by atoms with Gasteiger partial charge in [0.1, 0.15) is 0 Å². The predicted octanol–water partition coefficient (Wildman–Crippen LogP) is 3.82. The molecule has 3 rings (SSSR count). The van der Waals surface area contributed by atoms with Crippen LogP contribution in [-0.4, -0.2) is 14.3 Å². The average Bonchev–Trinajstić information content (AvgIpc) is 2.74. The van der Waals surface area contributed by atoms with Gasteiger partial charge in [0.25, 0.3) is 0 Å². The van der Waals surface area contributed by atoms with Crippen molar-refractivity contribution in [3.8, 4) is 11.4 Å². The minimum absolute atomic E-state index is 0.748. The SMILES string of the molecule is Cc1ccc2c(-c3nsc(Br)n3)cccc2n1. The molecule has 17 heavy (non-hydrogen) atoms. The topological polar surface area (TPSA) is 38.7 Å². The van der Waals surface area contributed by atoms with E-state index in [1.165, 1.54) is 11.5 Å². The third-order valence-electron chi connectivity index (χ3n) is 2.51. The van der Waals surface area contributed by atoms with Crippen molar-refractivity contribution in [2.24, 2.45) is 0 Å². The molecule has 0 unspecified atom stereocenters. The van der Waals surface area contributed by atoms with Crippen molar-refractivity contribution in [3.63, 3.8) is 0 Å². The summed E-state index contributed by atoms with van der Waals surface area (Å²) in [5.74, 6) is 0.748. The van der Waals surface area contributed by atoms with E-state index >= 15 is 0 Å². The summed E-state index contributed by atoms with van der Waals surface area (Å²) in [5.41, 5.74) is 3.02. The molecule has 5 heteroatoms. The fourth-order valence-corrected chi connectivity index (χ4v) is 2.58. The van der Waals surface area contributed by atoms with Gasteiger partial charge < -0.3 is 0 Å². The van der Waals surface area contributed by atoms with E-state index in [1.807, 2.05) is 31.2 Å². The molecule has 2 aromatic heterocycles. The number of halogens is 1. The van der Waals surface area contributed by atoms with Gasteiger partial charge in [-0.15, -0.1) is 0 Å². The van der Waals surface area contributed by atoms with Gasteiger partial charge >= 0.3 is 0 Å². The summed E-state index contributed by atoms with van der Waals surface area (Å²) in [4.78, 5) is 8.85. The molecule has 0 aliphatic carbocycles. The Bertz CT molecular complexity index is 693. The zero-order chi connectivity index (χ0) is 11.8. The molecule has 0 amide bonds. The Morgan fingerprint density at radius 1 is 1.12 bits per heavy atom. The number of rotatable bonds is 1. The summed E-state index contributed by atoms with van der Waals surface area (Å²) in [5, 5.41) is 1.09. The number of nitrogens with zero attached hydrogens (tertiary/aromatic N) is 3. The van der Waals surface area contributed by atoms with Crippen LogP contribution in [0.1, 0.15) is 5.69 Å². The molecule has 0 spiro atoms. The Labute approximate surface area is 111 Å². The van der Waals surface area contributed by atoms with E-state index in [-0.39, 0.29) is 0 Å². The Balaban J connectivity index is 2.30. The van der Waals surface area contributed by atoms with Crippen LogP contribution in [0, 0.1) is 6.92 Å². The van der Waals surface area contributed by atoms with Crippen molar-refractivity contribution < 1.29 is 0 Å². The largest absolute Gasteiger partial charge is 0.253 e. The lowest BCUT2D eigenvalue weighted by Gasteiger charge is -2.03. The monoisotopic (exact) mass is 305 g/mol. The van der Waals surface area contributed by atoms with E-state index in [4.69, 9.17) is 0 Å². The maximum atomic E-state index is 4.50. The molecule has 0 fully saturated rings. The minimum atomic E-state index is 0.748. The second-order valence-corrected chi connectivity index (χ2v) is 5.72. The average molecular weight is 306 g/mol. The van der Waals surface area contributed by atoms with Crippen LogP contribution < -0.4 is 0 Å². The van der Waals surface area contributed by atoms with Gasteiger partial charge in [0.05, 0.1) is 5.52 Å². The molecule has 3 aromatic rings. The predicted molar refractivity (Wildman–Crippen MR) is 73.1 cm³/mol. The van der Waals surface area contributed by atoms with Crippen LogP contribution in [0.15, 0.2) is 34.2 Å². The van der Waals surface area contributed by atoms with E-state index in [0.29, 0.717) is 0 Å². The maximum absolute atomic E-state index is 4.50. The van der Waals surface area contributed by atoms with Crippen molar-refractivity contribution >= 4 is 38.4 Å². The molecule has 84 valence electrons. The Hall–Kier alpha value is -1.33. The van der Waals surface area contributed by atoms with Crippen LogP contribution >= 0.6 is 27.5 Å². The Morgan fingerprint density at radius 3 is 2.76 bits per heavy atom. The summed E-state index contributed by atoms with van der Waals surface area (Å²) in [6.07, 6.45) is 0. The van der Waals surface area contributed by atoms with Crippen LogP contribution in [0.5, 0.6) is 0 Å². The molecule has 0 aliphatic heterocycles. The molecule has 0 radical (unpaired) electrons. The van der Waals surface area contributed by atoms with Crippen molar-refractivity contribution in [2.75, 3.05) is 0 Å². The van der Waals surface area contributed by atoms with E-state index in [1.54, 1.807) is 0 Å². The summed E-state index contributed by atoms with van der Waals surface area (Å²) < 4.78 is 5.11. The highest BCUT2D eigenvalue weighted by molar-refractivity contribution is 9.11. The van der Waals surface area contributed by atoms with E-state index < -0.39 is 0 Å². The molecule has 0 bridgehead atoms. The van der Waals surface area contributed by atoms with Crippen LogP contribution in [0.2, 0.25) is 0 Å². The fourth-order valence-electron chi connectivity index (χ4n) is 1.77. The number of pyridine rings is 1. The first-order valence-corrected chi connectivity index (χ1v) is 6.66. The van der Waals surface area contributed by atoms with Crippen LogP contribution in [-0.2, 0) is 0 Å². The highest BCUT2D eigenvalue weighted by atomic mass is 79.9. The summed E-state index contributed by atoms with van der Waals surface area (Å²) in [6.45, 7) is 1.99. The van der Waals surface area contributed by atoms with E-state index in [9.17, 15) is 0 Å². The van der Waals surface area contributed by atoms with Crippen LogP contribution in [0.4, 0.5) is 0 Å². The van der Waals surface area contributed by atoms with Crippen LogP contribution in [0.3, 0.4) is 0 Å². The van der Waals surface area contributed by atoms with Crippen molar-refractivity contribution in [2.45, 2.75) is 6.92 Å². The molecule has 0 aliphatic rings. The first kappa shape index (κ1) is 10.8. The van der Waals surface area contributed by atoms with Crippen molar-refractivity contribution in [1.29, 1.82) is 0 Å². The third kappa shape index (κ3) is 1.96. The lowest BCUT2D eigenvalue weighted by Crippen LogP contribution is -1.87. The molecule has 2 heterocycles. The highest BCUT2D eigenvalue weighted by Gasteiger charge is 2.09. The van der Waals surface area contributed by atoms with Gasteiger partial charge in [0.2, 0.25) is 0 Å². The molecule has 3 nitrogen and oxygen atoms in total. The number of fused-ring (bicyclic) bond motifs is 1. The standard InChI is InChI=1S/C12H8BrN3S/c1-7-5-6-8-9(3-2-4-10(8)14-7)11-15-12(13)17-16-11/h2-6H,1H3. The number of hydrogen-bond donors (Lipinski definition) is 0. The van der Waals surface area contributed by atoms with Gasteiger partial charge in [0.15, 0.2) is 9.74 Å². The molecule has 0 N–H and O–H groups in total. The second kappa shape index (κ2) is 4.16. The first-order valence-electron chi connectivity index (χ1n) is 5.10. The van der Waals surface area contributed by atoms with Gasteiger partial charge in [-0.25, -0.2) is 4.98 Å². The van der Waals surface area contributed by atoms with Crippen LogP contribution in [0.25, 0.3) is 22.3 Å². The van der Waals surface area contributed by atoms with Crippen molar-refractivity contribution in [1.82, 2.24) is 14.3 Å². The summed E-state index contributed by atoms with van der Waals surface area (Å²) in [6, 6.07) is 10.1. The van der Waals surface area contributed by atoms with Gasteiger partial charge in [-0.05, 0) is 46.5 Å².